The SMILES string of the molecule is CC(C)(C)OC(=O)N1CCC(CCCn2c(COc3ccc(Cl)cc3)nc3c(OCCCN4CCCCC4)cccc32)CC1. The van der Waals surface area contributed by atoms with Crippen molar-refractivity contribution < 1.29 is 19.0 Å². The summed E-state index contributed by atoms with van der Waals surface area (Å²) in [6, 6.07) is 13.7. The molecule has 5 rings (SSSR count). The molecular formula is C35H49ClN4O4. The number of likely N-dealkylation sites (tertiary alicyclic amines) is 2. The number of hydrogen-bond acceptors (Lipinski definition) is 6. The minimum atomic E-state index is -0.464. The molecule has 0 radical (unpaired) electrons. The average molecular weight is 625 g/mol. The number of ether oxygens (including phenoxy) is 3. The molecule has 2 aromatic carbocycles. The highest BCUT2D eigenvalue weighted by molar-refractivity contribution is 6.30. The molecule has 3 aromatic rings. The smallest absolute Gasteiger partial charge is 0.410 e. The first-order valence-electron chi connectivity index (χ1n) is 16.4. The molecule has 0 saturated carbocycles. The minimum Gasteiger partial charge on any atom is -0.491 e. The van der Waals surface area contributed by atoms with Crippen LogP contribution in [0.25, 0.3) is 11.0 Å². The number of amides is 1. The fourth-order valence-electron chi connectivity index (χ4n) is 6.25. The van der Waals surface area contributed by atoms with Crippen LogP contribution in [0.5, 0.6) is 11.5 Å². The van der Waals surface area contributed by atoms with E-state index in [1.807, 2.05) is 56.0 Å². The predicted molar refractivity (Wildman–Crippen MR) is 176 cm³/mol. The van der Waals surface area contributed by atoms with Gasteiger partial charge < -0.3 is 28.6 Å². The van der Waals surface area contributed by atoms with E-state index < -0.39 is 5.60 Å². The lowest BCUT2D eigenvalue weighted by atomic mass is 9.92. The van der Waals surface area contributed by atoms with Crippen molar-refractivity contribution in [3.63, 3.8) is 0 Å². The van der Waals surface area contributed by atoms with Crippen LogP contribution in [-0.4, -0.2) is 70.4 Å². The van der Waals surface area contributed by atoms with Crippen molar-refractivity contribution in [2.45, 2.75) is 90.9 Å². The maximum Gasteiger partial charge on any atom is 0.410 e. The lowest BCUT2D eigenvalue weighted by Gasteiger charge is -2.33. The second-order valence-electron chi connectivity index (χ2n) is 13.2. The molecule has 0 aliphatic carbocycles. The summed E-state index contributed by atoms with van der Waals surface area (Å²) in [6.07, 6.45) is 8.93. The molecule has 0 atom stereocenters. The summed E-state index contributed by atoms with van der Waals surface area (Å²) in [6.45, 7) is 12.6. The largest absolute Gasteiger partial charge is 0.491 e. The number of nitrogens with zero attached hydrogens (tertiary/aromatic N) is 4. The second kappa shape index (κ2) is 15.3. The van der Waals surface area contributed by atoms with Crippen LogP contribution in [0.3, 0.4) is 0 Å². The van der Waals surface area contributed by atoms with Crippen LogP contribution in [0.1, 0.15) is 78.0 Å². The number of para-hydroxylation sites is 1. The van der Waals surface area contributed by atoms with Gasteiger partial charge in [0.25, 0.3) is 0 Å². The van der Waals surface area contributed by atoms with E-state index in [1.165, 1.54) is 32.4 Å². The van der Waals surface area contributed by atoms with Gasteiger partial charge in [0.2, 0.25) is 0 Å². The fraction of sp³-hybridized carbons (Fsp3) is 0.600. The molecule has 0 N–H and O–H groups in total. The molecule has 1 amide bonds. The van der Waals surface area contributed by atoms with Crippen LogP contribution in [0.2, 0.25) is 5.02 Å². The number of rotatable bonds is 12. The molecule has 2 aliphatic heterocycles. The molecule has 0 spiro atoms. The highest BCUT2D eigenvalue weighted by Crippen LogP contribution is 2.29. The molecule has 1 aromatic heterocycles. The third-order valence-electron chi connectivity index (χ3n) is 8.59. The number of halogens is 1. The van der Waals surface area contributed by atoms with Crippen molar-refractivity contribution in [3.8, 4) is 11.5 Å². The summed E-state index contributed by atoms with van der Waals surface area (Å²) >= 11 is 6.08. The lowest BCUT2D eigenvalue weighted by Crippen LogP contribution is -2.41. The molecule has 44 heavy (non-hydrogen) atoms. The van der Waals surface area contributed by atoms with Gasteiger partial charge in [0.15, 0.2) is 0 Å². The van der Waals surface area contributed by atoms with Crippen LogP contribution < -0.4 is 9.47 Å². The monoisotopic (exact) mass is 624 g/mol. The van der Waals surface area contributed by atoms with Gasteiger partial charge in [0.05, 0.1) is 12.1 Å². The second-order valence-corrected chi connectivity index (χ2v) is 13.6. The summed E-state index contributed by atoms with van der Waals surface area (Å²) in [5, 5.41) is 0.684. The highest BCUT2D eigenvalue weighted by Gasteiger charge is 2.27. The summed E-state index contributed by atoms with van der Waals surface area (Å²) in [7, 11) is 0. The average Bonchev–Trinajstić information content (AvgIpc) is 3.37. The van der Waals surface area contributed by atoms with Crippen LogP contribution in [-0.2, 0) is 17.9 Å². The molecule has 0 bridgehead atoms. The molecule has 2 aliphatic rings. The van der Waals surface area contributed by atoms with E-state index in [2.05, 4.69) is 21.6 Å². The van der Waals surface area contributed by atoms with Gasteiger partial charge in [-0.15, -0.1) is 0 Å². The van der Waals surface area contributed by atoms with E-state index in [-0.39, 0.29) is 6.09 Å². The molecule has 3 heterocycles. The first kappa shape index (κ1) is 32.4. The zero-order valence-corrected chi connectivity index (χ0v) is 27.5. The third kappa shape index (κ3) is 9.27. The van der Waals surface area contributed by atoms with Crippen molar-refractivity contribution in [2.24, 2.45) is 5.92 Å². The Hall–Kier alpha value is -2.97. The van der Waals surface area contributed by atoms with Gasteiger partial charge in [-0.2, -0.15) is 0 Å². The van der Waals surface area contributed by atoms with Crippen molar-refractivity contribution in [3.05, 3.63) is 53.3 Å². The van der Waals surface area contributed by atoms with E-state index >= 15 is 0 Å². The standard InChI is InChI=1S/C35H49ClN4O4/c1-35(2,3)44-34(41)39-23-17-27(18-24-39)10-8-22-40-30-11-7-12-31(42-25-9-21-38-19-5-4-6-20-38)33(30)37-32(40)26-43-29-15-13-28(36)14-16-29/h7,11-16,27H,4-6,8-10,17-26H2,1-3H3. The van der Waals surface area contributed by atoms with Crippen LogP contribution in [0.4, 0.5) is 4.79 Å². The van der Waals surface area contributed by atoms with Crippen molar-refractivity contribution >= 4 is 28.7 Å². The maximum absolute atomic E-state index is 12.5. The minimum absolute atomic E-state index is 0.198. The zero-order chi connectivity index (χ0) is 30.9. The summed E-state index contributed by atoms with van der Waals surface area (Å²) in [5.41, 5.74) is 1.51. The number of carbonyl (C=O) groups is 1. The van der Waals surface area contributed by atoms with Gasteiger partial charge in [-0.1, -0.05) is 24.1 Å². The van der Waals surface area contributed by atoms with Crippen molar-refractivity contribution in [1.82, 2.24) is 19.4 Å². The van der Waals surface area contributed by atoms with Crippen molar-refractivity contribution in [2.75, 3.05) is 39.3 Å². The van der Waals surface area contributed by atoms with Crippen LogP contribution in [0.15, 0.2) is 42.5 Å². The lowest BCUT2D eigenvalue weighted by molar-refractivity contribution is 0.0180. The molecule has 0 unspecified atom stereocenters. The van der Waals surface area contributed by atoms with E-state index in [4.69, 9.17) is 30.8 Å². The summed E-state index contributed by atoms with van der Waals surface area (Å²) < 4.78 is 20.3. The summed E-state index contributed by atoms with van der Waals surface area (Å²) in [5.74, 6) is 3.08. The molecule has 8 nitrogen and oxygen atoms in total. The number of aryl methyl sites for hydroxylation is 1. The Balaban J connectivity index is 1.21. The van der Waals surface area contributed by atoms with Gasteiger partial charge in [0.1, 0.15) is 35.0 Å². The number of piperidine rings is 2. The number of hydrogen-bond donors (Lipinski definition) is 0. The number of aromatic nitrogens is 2. The molecule has 2 saturated heterocycles. The number of benzene rings is 2. The highest BCUT2D eigenvalue weighted by atomic mass is 35.5. The maximum atomic E-state index is 12.5. The van der Waals surface area contributed by atoms with Gasteiger partial charge in [0, 0.05) is 31.2 Å². The number of carbonyl (C=O) groups excluding carboxylic acids is 1. The molecule has 9 heteroatoms. The Morgan fingerprint density at radius 2 is 1.68 bits per heavy atom. The number of imidazole rings is 1. The molecule has 240 valence electrons. The van der Waals surface area contributed by atoms with E-state index in [1.54, 1.807) is 0 Å². The van der Waals surface area contributed by atoms with Gasteiger partial charge >= 0.3 is 6.09 Å². The first-order valence-corrected chi connectivity index (χ1v) is 16.8. The first-order chi connectivity index (χ1) is 21.2. The summed E-state index contributed by atoms with van der Waals surface area (Å²) in [4.78, 5) is 21.9. The van der Waals surface area contributed by atoms with Gasteiger partial charge in [-0.3, -0.25) is 0 Å². The fourth-order valence-corrected chi connectivity index (χ4v) is 6.37. The Kier molecular flexibility index (Phi) is 11.3. The van der Waals surface area contributed by atoms with E-state index in [9.17, 15) is 4.79 Å². The predicted octanol–water partition coefficient (Wildman–Crippen LogP) is 7.95. The number of fused-ring (bicyclic) bond motifs is 1. The molecular weight excluding hydrogens is 576 g/mol. The van der Waals surface area contributed by atoms with Gasteiger partial charge in [-0.25, -0.2) is 9.78 Å². The van der Waals surface area contributed by atoms with Crippen LogP contribution >= 0.6 is 11.6 Å². The molecule has 2 fully saturated rings. The van der Waals surface area contributed by atoms with E-state index in [0.29, 0.717) is 24.2 Å². The van der Waals surface area contributed by atoms with E-state index in [0.717, 1.165) is 86.6 Å². The Morgan fingerprint density at radius 3 is 2.41 bits per heavy atom. The normalized spacial score (nSPS) is 16.8. The Morgan fingerprint density at radius 1 is 0.932 bits per heavy atom. The third-order valence-corrected chi connectivity index (χ3v) is 8.84. The topological polar surface area (TPSA) is 69.1 Å². The Labute approximate surface area is 267 Å². The van der Waals surface area contributed by atoms with Crippen molar-refractivity contribution in [1.29, 1.82) is 0 Å². The van der Waals surface area contributed by atoms with Gasteiger partial charge in [-0.05, 0) is 121 Å². The Bertz CT molecular complexity index is 1340. The quantitative estimate of drug-likeness (QED) is 0.191. The van der Waals surface area contributed by atoms with Crippen LogP contribution in [0, 0.1) is 5.92 Å². The zero-order valence-electron chi connectivity index (χ0n) is 26.7.